The number of carbonyl (C=O) groups is 1. The first-order valence-corrected chi connectivity index (χ1v) is 7.08. The fourth-order valence-electron chi connectivity index (χ4n) is 2.22. The van der Waals surface area contributed by atoms with E-state index >= 15 is 0 Å². The van der Waals surface area contributed by atoms with Gasteiger partial charge in [0.2, 0.25) is 0 Å². The smallest absolute Gasteiger partial charge is 0.0718 e. The van der Waals surface area contributed by atoms with Gasteiger partial charge in [0.05, 0.1) is 5.97 Å². The van der Waals surface area contributed by atoms with E-state index < -0.39 is 5.97 Å². The number of carboxylic acids is 1. The van der Waals surface area contributed by atoms with Gasteiger partial charge in [0.15, 0.2) is 0 Å². The number of benzene rings is 1. The van der Waals surface area contributed by atoms with Crippen LogP contribution in [0.4, 0.5) is 5.69 Å². The summed E-state index contributed by atoms with van der Waals surface area (Å²) in [6.07, 6.45) is 1.78. The quantitative estimate of drug-likeness (QED) is 0.758. The Kier molecular flexibility index (Phi) is 5.87. The summed E-state index contributed by atoms with van der Waals surface area (Å²) in [5, 5.41) is 11.2. The molecule has 0 bridgehead atoms. The summed E-state index contributed by atoms with van der Waals surface area (Å²) < 4.78 is 0. The molecule has 3 heteroatoms. The summed E-state index contributed by atoms with van der Waals surface area (Å²) in [6, 6.07) is 5.55. The molecule has 0 heterocycles. The Bertz CT molecular complexity index is 423. The monoisotopic (exact) mass is 262 g/mol. The van der Waals surface area contributed by atoms with E-state index in [1.54, 1.807) is 6.07 Å². The van der Waals surface area contributed by atoms with Gasteiger partial charge in [0, 0.05) is 24.3 Å². The molecule has 1 aromatic carbocycles. The maximum Gasteiger partial charge on any atom is 0.0718 e. The Labute approximate surface area is 116 Å². The largest absolute Gasteiger partial charge is 0.545 e. The molecule has 0 aliphatic heterocycles. The number of nitrogens with zero attached hydrogens (tertiary/aromatic N) is 1. The maximum absolute atomic E-state index is 11.2. The molecule has 0 unspecified atom stereocenters. The van der Waals surface area contributed by atoms with Crippen LogP contribution in [0.5, 0.6) is 0 Å². The van der Waals surface area contributed by atoms with Crippen LogP contribution in [0, 0.1) is 5.92 Å². The highest BCUT2D eigenvalue weighted by Gasteiger charge is 2.09. The summed E-state index contributed by atoms with van der Waals surface area (Å²) in [4.78, 5) is 13.4. The van der Waals surface area contributed by atoms with Gasteiger partial charge in [-0.1, -0.05) is 19.9 Å². The van der Waals surface area contributed by atoms with Crippen molar-refractivity contribution in [3.8, 4) is 0 Å². The van der Waals surface area contributed by atoms with Gasteiger partial charge in [-0.25, -0.2) is 0 Å². The third-order valence-corrected chi connectivity index (χ3v) is 3.43. The number of carboxylic acid groups (broad SMARTS) is 1. The number of hydrogen-bond acceptors (Lipinski definition) is 3. The van der Waals surface area contributed by atoms with Crippen LogP contribution in [-0.2, 0) is 6.42 Å². The second kappa shape index (κ2) is 7.17. The van der Waals surface area contributed by atoms with Gasteiger partial charge >= 0.3 is 0 Å². The van der Waals surface area contributed by atoms with E-state index in [1.807, 2.05) is 12.1 Å². The van der Waals surface area contributed by atoms with Crippen LogP contribution < -0.4 is 10.0 Å². The topological polar surface area (TPSA) is 43.4 Å². The van der Waals surface area contributed by atoms with E-state index in [0.717, 1.165) is 37.2 Å². The van der Waals surface area contributed by atoms with Crippen LogP contribution in [0.2, 0.25) is 0 Å². The van der Waals surface area contributed by atoms with Crippen molar-refractivity contribution in [2.75, 3.05) is 18.0 Å². The average Bonchev–Trinajstić information content (AvgIpc) is 2.37. The van der Waals surface area contributed by atoms with Gasteiger partial charge in [0.25, 0.3) is 0 Å². The summed E-state index contributed by atoms with van der Waals surface area (Å²) >= 11 is 0. The maximum atomic E-state index is 11.2. The normalized spacial score (nSPS) is 10.8. The molecular weight excluding hydrogens is 238 g/mol. The minimum Gasteiger partial charge on any atom is -0.545 e. The van der Waals surface area contributed by atoms with E-state index in [9.17, 15) is 9.90 Å². The van der Waals surface area contributed by atoms with Crippen molar-refractivity contribution in [2.24, 2.45) is 5.92 Å². The Hall–Kier alpha value is -1.51. The number of carbonyl (C=O) groups excluding carboxylic acids is 1. The molecule has 1 rings (SSSR count). The molecule has 0 fully saturated rings. The molecule has 3 nitrogen and oxygen atoms in total. The van der Waals surface area contributed by atoms with E-state index in [-0.39, 0.29) is 0 Å². The average molecular weight is 262 g/mol. The summed E-state index contributed by atoms with van der Waals surface area (Å²) in [7, 11) is 0. The second-order valence-corrected chi connectivity index (χ2v) is 5.23. The Morgan fingerprint density at radius 2 is 1.89 bits per heavy atom. The van der Waals surface area contributed by atoms with Gasteiger partial charge in [-0.05, 0) is 50.3 Å². The standard InChI is InChI=1S/C16H25NO2/c1-5-17(6-2)14-9-10-15(16(18)19)13(11-14)8-7-12(3)4/h9-12H,5-8H2,1-4H3,(H,18,19)/p-1. The fourth-order valence-corrected chi connectivity index (χ4v) is 2.22. The lowest BCUT2D eigenvalue weighted by Crippen LogP contribution is -2.25. The molecule has 0 aromatic heterocycles. The Morgan fingerprint density at radius 1 is 1.26 bits per heavy atom. The molecule has 0 saturated heterocycles. The van der Waals surface area contributed by atoms with Crippen LogP contribution >= 0.6 is 0 Å². The zero-order valence-corrected chi connectivity index (χ0v) is 12.4. The number of anilines is 1. The van der Waals surface area contributed by atoms with Gasteiger partial charge in [-0.2, -0.15) is 0 Å². The van der Waals surface area contributed by atoms with Gasteiger partial charge in [-0.15, -0.1) is 0 Å². The summed E-state index contributed by atoms with van der Waals surface area (Å²) in [6.45, 7) is 10.3. The SMILES string of the molecule is CCN(CC)c1ccc(C(=O)[O-])c(CCC(C)C)c1. The third kappa shape index (κ3) is 4.27. The highest BCUT2D eigenvalue weighted by atomic mass is 16.4. The number of hydrogen-bond donors (Lipinski definition) is 0. The van der Waals surface area contributed by atoms with E-state index in [4.69, 9.17) is 0 Å². The zero-order chi connectivity index (χ0) is 14.4. The van der Waals surface area contributed by atoms with Crippen LogP contribution in [-0.4, -0.2) is 19.1 Å². The van der Waals surface area contributed by atoms with E-state index in [1.165, 1.54) is 0 Å². The van der Waals surface area contributed by atoms with Crippen LogP contribution in [0.25, 0.3) is 0 Å². The van der Waals surface area contributed by atoms with Gasteiger partial charge < -0.3 is 14.8 Å². The first-order valence-electron chi connectivity index (χ1n) is 7.08. The second-order valence-electron chi connectivity index (χ2n) is 5.23. The van der Waals surface area contributed by atoms with Crippen LogP contribution in [0.3, 0.4) is 0 Å². The molecule has 0 aliphatic carbocycles. The lowest BCUT2D eigenvalue weighted by Gasteiger charge is -2.23. The predicted octanol–water partition coefficient (Wildman–Crippen LogP) is 2.48. The fraction of sp³-hybridized carbons (Fsp3) is 0.562. The van der Waals surface area contributed by atoms with Crippen molar-refractivity contribution < 1.29 is 9.90 Å². The highest BCUT2D eigenvalue weighted by molar-refractivity contribution is 5.88. The molecule has 0 atom stereocenters. The lowest BCUT2D eigenvalue weighted by molar-refractivity contribution is -0.255. The van der Waals surface area contributed by atoms with Crippen molar-refractivity contribution in [1.29, 1.82) is 0 Å². The Morgan fingerprint density at radius 3 is 2.37 bits per heavy atom. The molecule has 0 N–H and O–H groups in total. The summed E-state index contributed by atoms with van der Waals surface area (Å²) in [5.74, 6) is -0.517. The van der Waals surface area contributed by atoms with Gasteiger partial charge in [-0.3, -0.25) is 0 Å². The molecule has 0 aliphatic rings. The first kappa shape index (κ1) is 15.5. The van der Waals surface area contributed by atoms with Crippen LogP contribution in [0.15, 0.2) is 18.2 Å². The molecule has 0 saturated carbocycles. The van der Waals surface area contributed by atoms with E-state index in [2.05, 4.69) is 32.6 Å². The summed E-state index contributed by atoms with van der Waals surface area (Å²) in [5.41, 5.74) is 2.31. The van der Waals surface area contributed by atoms with Gasteiger partial charge in [0.1, 0.15) is 0 Å². The minimum absolute atomic E-state index is 0.330. The van der Waals surface area contributed by atoms with Crippen molar-refractivity contribution in [3.05, 3.63) is 29.3 Å². The molecule has 0 radical (unpaired) electrons. The molecule has 0 spiro atoms. The lowest BCUT2D eigenvalue weighted by atomic mass is 9.97. The number of aryl methyl sites for hydroxylation is 1. The molecular formula is C16H24NO2-. The van der Waals surface area contributed by atoms with Crippen molar-refractivity contribution in [3.63, 3.8) is 0 Å². The zero-order valence-electron chi connectivity index (χ0n) is 12.4. The minimum atomic E-state index is -1.08. The first-order chi connectivity index (χ1) is 8.99. The van der Waals surface area contributed by atoms with Crippen molar-refractivity contribution in [2.45, 2.75) is 40.5 Å². The molecule has 19 heavy (non-hydrogen) atoms. The van der Waals surface area contributed by atoms with E-state index in [0.29, 0.717) is 11.5 Å². The third-order valence-electron chi connectivity index (χ3n) is 3.43. The molecule has 0 amide bonds. The number of aromatic carboxylic acids is 1. The van der Waals surface area contributed by atoms with Crippen molar-refractivity contribution in [1.82, 2.24) is 0 Å². The molecule has 106 valence electrons. The predicted molar refractivity (Wildman–Crippen MR) is 77.5 cm³/mol. The number of rotatable bonds is 7. The molecule has 1 aromatic rings. The Balaban J connectivity index is 3.06. The highest BCUT2D eigenvalue weighted by Crippen LogP contribution is 2.22. The van der Waals surface area contributed by atoms with Crippen molar-refractivity contribution >= 4 is 11.7 Å². The van der Waals surface area contributed by atoms with Crippen LogP contribution in [0.1, 0.15) is 50.0 Å².